The van der Waals surface area contributed by atoms with Gasteiger partial charge in [0.15, 0.2) is 5.79 Å². The Hall–Kier alpha value is -0.160. The summed E-state index contributed by atoms with van der Waals surface area (Å²) >= 11 is 0. The summed E-state index contributed by atoms with van der Waals surface area (Å²) in [7, 11) is 1.71. The molecule has 112 valence electrons. The van der Waals surface area contributed by atoms with Gasteiger partial charge in [0.25, 0.3) is 0 Å². The third-order valence-corrected chi connectivity index (χ3v) is 4.22. The summed E-state index contributed by atoms with van der Waals surface area (Å²) in [5.41, 5.74) is -0.182. The molecule has 4 atom stereocenters. The molecule has 1 N–H and O–H groups in total. The molecule has 1 aliphatic carbocycles. The summed E-state index contributed by atoms with van der Waals surface area (Å²) in [5, 5.41) is 9.47. The lowest BCUT2D eigenvalue weighted by molar-refractivity contribution is -0.341. The highest BCUT2D eigenvalue weighted by molar-refractivity contribution is 4.95. The lowest BCUT2D eigenvalue weighted by Gasteiger charge is -2.52. The van der Waals surface area contributed by atoms with E-state index in [-0.39, 0.29) is 30.3 Å². The molecule has 0 aromatic carbocycles. The van der Waals surface area contributed by atoms with Crippen LogP contribution in [0.5, 0.6) is 0 Å². The summed E-state index contributed by atoms with van der Waals surface area (Å²) in [6, 6.07) is 0. The first-order valence-corrected chi connectivity index (χ1v) is 7.42. The lowest BCUT2D eigenvalue weighted by Crippen LogP contribution is -2.58. The predicted octanol–water partition coefficient (Wildman–Crippen LogP) is 2.48. The van der Waals surface area contributed by atoms with Gasteiger partial charge in [-0.15, -0.1) is 0 Å². The molecule has 19 heavy (non-hydrogen) atoms. The highest BCUT2D eigenvalue weighted by atomic mass is 16.7. The normalized spacial score (nSPS) is 39.9. The summed E-state index contributed by atoms with van der Waals surface area (Å²) in [6.45, 7) is 6.26. The third kappa shape index (κ3) is 3.30. The van der Waals surface area contributed by atoms with E-state index in [9.17, 15) is 5.11 Å². The maximum absolute atomic E-state index is 9.47. The van der Waals surface area contributed by atoms with Crippen molar-refractivity contribution in [2.45, 2.75) is 76.5 Å². The first-order chi connectivity index (χ1) is 8.90. The van der Waals surface area contributed by atoms with E-state index in [0.29, 0.717) is 0 Å². The monoisotopic (exact) mass is 272 g/mol. The van der Waals surface area contributed by atoms with Crippen LogP contribution in [0.25, 0.3) is 0 Å². The molecule has 4 nitrogen and oxygen atoms in total. The number of aliphatic hydroxyl groups excluding tert-OH is 1. The van der Waals surface area contributed by atoms with Crippen molar-refractivity contribution in [2.75, 3.05) is 13.7 Å². The highest BCUT2D eigenvalue weighted by Crippen LogP contribution is 2.46. The van der Waals surface area contributed by atoms with Gasteiger partial charge in [-0.05, 0) is 33.6 Å². The van der Waals surface area contributed by atoms with Gasteiger partial charge in [-0.2, -0.15) is 0 Å². The van der Waals surface area contributed by atoms with Gasteiger partial charge in [0.05, 0.1) is 24.4 Å². The van der Waals surface area contributed by atoms with Gasteiger partial charge in [0.2, 0.25) is 0 Å². The van der Waals surface area contributed by atoms with Crippen molar-refractivity contribution in [2.24, 2.45) is 5.92 Å². The van der Waals surface area contributed by atoms with Gasteiger partial charge in [0, 0.05) is 25.9 Å². The molecule has 2 rings (SSSR count). The maximum atomic E-state index is 9.47. The molecular weight excluding hydrogens is 244 g/mol. The molecule has 0 bridgehead atoms. The average molecular weight is 272 g/mol. The quantitative estimate of drug-likeness (QED) is 0.857. The molecule has 0 radical (unpaired) electrons. The molecule has 1 aliphatic heterocycles. The minimum Gasteiger partial charge on any atom is -0.394 e. The standard InChI is InChI=1S/C15H28O4/c1-14(2,3)19-13-9-11(10-16)18-15(17-4)8-6-5-7-12(13)15/h11-13,16H,5-10H2,1-4H3/t11-,12-,13-,15-/m1/s1. The second-order valence-corrected chi connectivity index (χ2v) is 6.80. The molecule has 0 unspecified atom stereocenters. The smallest absolute Gasteiger partial charge is 0.173 e. The SMILES string of the molecule is CO[C@@]12CCCC[C@@H]1[C@H](OC(C)(C)C)C[C@H](CO)O2. The fourth-order valence-electron chi connectivity index (χ4n) is 3.51. The zero-order valence-electron chi connectivity index (χ0n) is 12.6. The van der Waals surface area contributed by atoms with Crippen molar-refractivity contribution in [3.63, 3.8) is 0 Å². The fraction of sp³-hybridized carbons (Fsp3) is 1.00. The lowest BCUT2D eigenvalue weighted by atomic mass is 9.75. The number of methoxy groups -OCH3 is 1. The van der Waals surface area contributed by atoms with E-state index < -0.39 is 5.79 Å². The van der Waals surface area contributed by atoms with Crippen LogP contribution in [0, 0.1) is 5.92 Å². The Bertz CT molecular complexity index is 299. The van der Waals surface area contributed by atoms with Crippen LogP contribution in [0.4, 0.5) is 0 Å². The molecule has 1 saturated heterocycles. The maximum Gasteiger partial charge on any atom is 0.173 e. The van der Waals surface area contributed by atoms with Crippen LogP contribution in [0.3, 0.4) is 0 Å². The second kappa shape index (κ2) is 5.68. The van der Waals surface area contributed by atoms with E-state index in [2.05, 4.69) is 20.8 Å². The van der Waals surface area contributed by atoms with Crippen LogP contribution in [-0.2, 0) is 14.2 Å². The van der Waals surface area contributed by atoms with E-state index in [1.807, 2.05) is 0 Å². The largest absolute Gasteiger partial charge is 0.394 e. The van der Waals surface area contributed by atoms with Crippen LogP contribution < -0.4 is 0 Å². The van der Waals surface area contributed by atoms with E-state index in [1.54, 1.807) is 7.11 Å². The topological polar surface area (TPSA) is 47.9 Å². The van der Waals surface area contributed by atoms with Gasteiger partial charge in [-0.3, -0.25) is 0 Å². The summed E-state index contributed by atoms with van der Waals surface area (Å²) in [5.74, 6) is -0.284. The van der Waals surface area contributed by atoms with Gasteiger partial charge in [0.1, 0.15) is 0 Å². The number of fused-ring (bicyclic) bond motifs is 1. The molecule has 1 heterocycles. The Morgan fingerprint density at radius 1 is 1.32 bits per heavy atom. The Morgan fingerprint density at radius 2 is 2.05 bits per heavy atom. The van der Waals surface area contributed by atoms with Crippen molar-refractivity contribution in [1.82, 2.24) is 0 Å². The first kappa shape index (κ1) is 15.2. The number of hydrogen-bond donors (Lipinski definition) is 1. The van der Waals surface area contributed by atoms with Gasteiger partial charge < -0.3 is 19.3 Å². The van der Waals surface area contributed by atoms with Crippen molar-refractivity contribution >= 4 is 0 Å². The molecule has 0 aromatic heterocycles. The first-order valence-electron chi connectivity index (χ1n) is 7.42. The zero-order chi connectivity index (χ0) is 14.1. The molecule has 0 spiro atoms. The van der Waals surface area contributed by atoms with Crippen molar-refractivity contribution in [3.8, 4) is 0 Å². The molecule has 1 saturated carbocycles. The minimum atomic E-state index is -0.556. The van der Waals surface area contributed by atoms with Crippen molar-refractivity contribution < 1.29 is 19.3 Å². The van der Waals surface area contributed by atoms with Crippen LogP contribution in [0.2, 0.25) is 0 Å². The van der Waals surface area contributed by atoms with Crippen LogP contribution in [0.15, 0.2) is 0 Å². The predicted molar refractivity (Wildman–Crippen MR) is 72.9 cm³/mol. The van der Waals surface area contributed by atoms with E-state index >= 15 is 0 Å². The van der Waals surface area contributed by atoms with E-state index in [0.717, 1.165) is 25.7 Å². The second-order valence-electron chi connectivity index (χ2n) is 6.80. The van der Waals surface area contributed by atoms with Crippen LogP contribution in [-0.4, -0.2) is 42.4 Å². The van der Waals surface area contributed by atoms with Crippen LogP contribution in [0.1, 0.15) is 52.9 Å². The summed E-state index contributed by atoms with van der Waals surface area (Å²) < 4.78 is 18.1. The Labute approximate surface area is 116 Å². The van der Waals surface area contributed by atoms with Crippen molar-refractivity contribution in [1.29, 1.82) is 0 Å². The number of rotatable bonds is 3. The highest BCUT2D eigenvalue weighted by Gasteiger charge is 2.52. The number of hydrogen-bond acceptors (Lipinski definition) is 4. The zero-order valence-corrected chi connectivity index (χ0v) is 12.6. The molecular formula is C15H28O4. The molecule has 2 aliphatic rings. The number of aliphatic hydroxyl groups is 1. The minimum absolute atomic E-state index is 0.0296. The molecule has 0 amide bonds. The summed E-state index contributed by atoms with van der Waals surface area (Å²) in [6.07, 6.45) is 4.97. The summed E-state index contributed by atoms with van der Waals surface area (Å²) in [4.78, 5) is 0. The molecule has 0 aromatic rings. The third-order valence-electron chi connectivity index (χ3n) is 4.22. The average Bonchev–Trinajstić information content (AvgIpc) is 2.36. The van der Waals surface area contributed by atoms with E-state index in [1.165, 1.54) is 6.42 Å². The molecule has 2 fully saturated rings. The Morgan fingerprint density at radius 3 is 2.63 bits per heavy atom. The van der Waals surface area contributed by atoms with Crippen molar-refractivity contribution in [3.05, 3.63) is 0 Å². The molecule has 4 heteroatoms. The Kier molecular flexibility index (Phi) is 4.56. The van der Waals surface area contributed by atoms with Crippen LogP contribution >= 0.6 is 0 Å². The van der Waals surface area contributed by atoms with Gasteiger partial charge in [-0.1, -0.05) is 6.42 Å². The van der Waals surface area contributed by atoms with E-state index in [4.69, 9.17) is 14.2 Å². The number of ether oxygens (including phenoxy) is 3. The van der Waals surface area contributed by atoms with Gasteiger partial charge in [-0.25, -0.2) is 0 Å². The fourth-order valence-corrected chi connectivity index (χ4v) is 3.51. The Balaban J connectivity index is 2.20. The van der Waals surface area contributed by atoms with Gasteiger partial charge >= 0.3 is 0 Å².